The van der Waals surface area contributed by atoms with E-state index >= 15 is 0 Å². The van der Waals surface area contributed by atoms with Crippen LogP contribution < -0.4 is 0 Å². The van der Waals surface area contributed by atoms with Gasteiger partial charge in [0, 0.05) is 0 Å². The van der Waals surface area contributed by atoms with Crippen LogP contribution >= 0.6 is 11.6 Å². The largest absolute Gasteiger partial charge is 1.00 e. The van der Waals surface area contributed by atoms with E-state index in [2.05, 4.69) is 0 Å². The quantitative estimate of drug-likeness (QED) is 0.529. The summed E-state index contributed by atoms with van der Waals surface area (Å²) in [6, 6.07) is 0. The van der Waals surface area contributed by atoms with E-state index in [1.54, 1.807) is 0 Å². The van der Waals surface area contributed by atoms with Gasteiger partial charge in [-0.3, -0.25) is 0 Å². The van der Waals surface area contributed by atoms with E-state index in [-0.39, 0.29) is 1.43 Å². The third-order valence-corrected chi connectivity index (χ3v) is 5.83. The summed E-state index contributed by atoms with van der Waals surface area (Å²) in [6.45, 7) is 0. The number of rotatable bonds is 2. The van der Waals surface area contributed by atoms with Crippen molar-refractivity contribution >= 4 is 11.6 Å². The summed E-state index contributed by atoms with van der Waals surface area (Å²) >= 11 is -0.632. The van der Waals surface area contributed by atoms with Crippen LogP contribution in [0.4, 0.5) is 0 Å². The summed E-state index contributed by atoms with van der Waals surface area (Å²) in [5.74, 6) is -1.17. The van der Waals surface area contributed by atoms with Gasteiger partial charge >= 0.3 is 42.5 Å². The fourth-order valence-electron chi connectivity index (χ4n) is 0.0321. The minimum Gasteiger partial charge on any atom is -1.00 e. The summed E-state index contributed by atoms with van der Waals surface area (Å²) in [5.41, 5.74) is 0. The van der Waals surface area contributed by atoms with E-state index < -0.39 is 33.4 Å². The zero-order valence-electron chi connectivity index (χ0n) is 3.55. The van der Waals surface area contributed by atoms with Crippen molar-refractivity contribution in [3.63, 3.8) is 0 Å². The van der Waals surface area contributed by atoms with Crippen molar-refractivity contribution < 1.29 is 32.3 Å². The smallest absolute Gasteiger partial charge is 1.00 e. The Kier molecular flexibility index (Phi) is 6.75. The molecule has 0 aliphatic carbocycles. The Labute approximate surface area is 44.1 Å². The third-order valence-electron chi connectivity index (χ3n) is 0.157. The van der Waals surface area contributed by atoms with Gasteiger partial charge in [-0.1, -0.05) is 0 Å². The van der Waals surface area contributed by atoms with E-state index in [0.717, 1.165) is 0 Å². The first-order chi connectivity index (χ1) is 2.41. The minimum atomic E-state index is -0.632. The topological polar surface area (TPSA) is 34.1 Å². The van der Waals surface area contributed by atoms with E-state index in [1.165, 1.54) is 0 Å². The predicted molar refractivity (Wildman–Crippen MR) is 21.9 cm³/mol. The van der Waals surface area contributed by atoms with Gasteiger partial charge in [0.15, 0.2) is 0 Å². The Hall–Kier alpha value is 1.33. The van der Waals surface area contributed by atoms with Crippen molar-refractivity contribution in [2.75, 3.05) is 0 Å². The van der Waals surface area contributed by atoms with Crippen LogP contribution in [0.5, 0.6) is 0 Å². The molecule has 0 N–H and O–H groups in total. The monoisotopic (exact) mass is 144 g/mol. The fourth-order valence-corrected chi connectivity index (χ4v) is 1.19. The Morgan fingerprint density at radius 1 is 1.40 bits per heavy atom. The zero-order valence-corrected chi connectivity index (χ0v) is 6.66. The molecule has 0 spiro atoms. The van der Waals surface area contributed by atoms with Crippen molar-refractivity contribution in [2.24, 2.45) is 0 Å². The minimum absolute atomic E-state index is 0. The van der Waals surface area contributed by atoms with Gasteiger partial charge in [0.2, 0.25) is 0 Å². The Balaban J connectivity index is 0. The second-order valence-electron chi connectivity index (χ2n) is 0.465. The molecule has 0 aliphatic heterocycles. The normalized spacial score (nSPS) is 11.2. The molecule has 2 atom stereocenters. The van der Waals surface area contributed by atoms with E-state index in [0.29, 0.717) is 0 Å². The molecule has 0 radical (unpaired) electrons. The molecule has 5 heavy (non-hydrogen) atoms. The van der Waals surface area contributed by atoms with Crippen LogP contribution in [0, 0.1) is 0 Å². The Morgan fingerprint density at radius 3 is 1.80 bits per heavy atom. The number of hydrogen-bond acceptors (Lipinski definition) is 2. The van der Waals surface area contributed by atoms with Crippen molar-refractivity contribution in [3.8, 4) is 0 Å². The molecule has 0 aromatic rings. The molecular formula is H5O2P2Sc-. The Morgan fingerprint density at radius 2 is 1.80 bits per heavy atom. The maximum absolute atomic E-state index is 9.50. The first-order valence-electron chi connectivity index (χ1n) is 1.14. The van der Waals surface area contributed by atoms with Gasteiger partial charge in [-0.15, -0.1) is 0 Å². The van der Waals surface area contributed by atoms with Gasteiger partial charge in [-0.05, 0) is 0 Å². The Bertz CT molecular complexity index is 40.8. The third kappa shape index (κ3) is 5.33. The predicted octanol–water partition coefficient (Wildman–Crippen LogP) is 0.524. The van der Waals surface area contributed by atoms with Gasteiger partial charge in [0.05, 0.1) is 0 Å². The fraction of sp³-hybridized carbons (Fsp3) is 0. The molecule has 2 nitrogen and oxygen atoms in total. The molecule has 0 heterocycles. The van der Waals surface area contributed by atoms with Crippen molar-refractivity contribution in [1.29, 1.82) is 0 Å². The first kappa shape index (κ1) is 6.33. The molecular weight excluding hydrogens is 139 g/mol. The summed E-state index contributed by atoms with van der Waals surface area (Å²) in [5, 5.41) is 0. The molecule has 0 aliphatic rings. The number of hydrogen-bond donors (Lipinski definition) is 0. The van der Waals surface area contributed by atoms with Gasteiger partial charge in [-0.25, -0.2) is 0 Å². The maximum Gasteiger partial charge on any atom is -1.00 e. The molecule has 0 amide bonds. The molecule has 31 valence electrons. The van der Waals surface area contributed by atoms with E-state index in [1.807, 2.05) is 0 Å². The van der Waals surface area contributed by atoms with E-state index in [4.69, 9.17) is 0 Å². The molecule has 0 aromatic carbocycles. The van der Waals surface area contributed by atoms with Crippen molar-refractivity contribution in [1.82, 2.24) is 0 Å². The molecule has 0 saturated carbocycles. The maximum atomic E-state index is 9.50. The van der Waals surface area contributed by atoms with Crippen molar-refractivity contribution in [3.05, 3.63) is 0 Å². The molecule has 0 saturated heterocycles. The van der Waals surface area contributed by atoms with Crippen LogP contribution in [-0.2, 0) is 30.9 Å². The van der Waals surface area contributed by atoms with Gasteiger partial charge in [0.1, 0.15) is 0 Å². The van der Waals surface area contributed by atoms with Gasteiger partial charge in [-0.2, -0.15) is 0 Å². The van der Waals surface area contributed by atoms with Gasteiger partial charge < -0.3 is 1.43 Å². The summed E-state index contributed by atoms with van der Waals surface area (Å²) in [4.78, 5) is 0. The second-order valence-corrected chi connectivity index (χ2v) is 10.5. The standard InChI is InChI=1S/2H2OP.Sc.H/c2*1-2;;/h2*2H2;;/q2*+1;-2;-1. The molecule has 0 aromatic heterocycles. The van der Waals surface area contributed by atoms with Crippen LogP contribution in [0.25, 0.3) is 0 Å². The van der Waals surface area contributed by atoms with Crippen LogP contribution in [-0.4, -0.2) is 0 Å². The molecule has 5 heteroatoms. The van der Waals surface area contributed by atoms with Crippen molar-refractivity contribution in [2.45, 2.75) is 0 Å². The average Bonchev–Trinajstić information content (AvgIpc) is 1.41. The molecule has 0 rings (SSSR count). The summed E-state index contributed by atoms with van der Waals surface area (Å²) in [7, 11) is 0. The van der Waals surface area contributed by atoms with Crippen LogP contribution in [0.3, 0.4) is 0 Å². The summed E-state index contributed by atoms with van der Waals surface area (Å²) in [6.07, 6.45) is 0. The second kappa shape index (κ2) is 5.33. The zero-order chi connectivity index (χ0) is 4.12. The first-order valence-corrected chi connectivity index (χ1v) is 9.66. The molecule has 2 unspecified atom stereocenters. The SMILES string of the molecule is O=[PH2][Sc][PH2]=O.[H-]. The van der Waals surface area contributed by atoms with Gasteiger partial charge in [0.25, 0.3) is 0 Å². The van der Waals surface area contributed by atoms with E-state index in [9.17, 15) is 9.13 Å². The van der Waals surface area contributed by atoms with Crippen LogP contribution in [0.15, 0.2) is 0 Å². The summed E-state index contributed by atoms with van der Waals surface area (Å²) < 4.78 is 19.0. The molecule has 0 bridgehead atoms. The molecule has 0 fully saturated rings. The average molecular weight is 144 g/mol. The van der Waals surface area contributed by atoms with Crippen LogP contribution in [0.1, 0.15) is 1.43 Å². The van der Waals surface area contributed by atoms with Crippen LogP contribution in [0.2, 0.25) is 0 Å².